The summed E-state index contributed by atoms with van der Waals surface area (Å²) in [6, 6.07) is 11.9. The van der Waals surface area contributed by atoms with E-state index in [1.54, 1.807) is 18.2 Å². The summed E-state index contributed by atoms with van der Waals surface area (Å²) in [7, 11) is 0. The molecule has 0 atom stereocenters. The van der Waals surface area contributed by atoms with Crippen LogP contribution in [0.4, 0.5) is 5.69 Å². The number of hydrogen-bond acceptors (Lipinski definition) is 2. The van der Waals surface area contributed by atoms with Crippen LogP contribution in [0.5, 0.6) is 0 Å². The van der Waals surface area contributed by atoms with E-state index in [-0.39, 0.29) is 12.5 Å². The van der Waals surface area contributed by atoms with Crippen molar-refractivity contribution in [1.29, 1.82) is 0 Å². The van der Waals surface area contributed by atoms with Crippen LogP contribution in [-0.2, 0) is 4.79 Å². The predicted octanol–water partition coefficient (Wildman–Crippen LogP) is 3.67. The zero-order valence-corrected chi connectivity index (χ0v) is 13.3. The SMILES string of the molecule is Cc1ccc(NC(=O)CNC(=O)c2ccc(Cl)c(Cl)c2)cc1. The van der Waals surface area contributed by atoms with E-state index < -0.39 is 5.91 Å². The standard InChI is InChI=1S/C16H14Cl2N2O2/c1-10-2-5-12(6-3-10)20-15(21)9-19-16(22)11-4-7-13(17)14(18)8-11/h2-8H,9H2,1H3,(H,19,22)(H,20,21). The number of nitrogens with one attached hydrogen (secondary N) is 2. The Hall–Kier alpha value is -2.04. The van der Waals surface area contributed by atoms with Crippen LogP contribution in [0.15, 0.2) is 42.5 Å². The van der Waals surface area contributed by atoms with E-state index in [0.717, 1.165) is 5.56 Å². The molecule has 0 heterocycles. The molecule has 0 radical (unpaired) electrons. The van der Waals surface area contributed by atoms with Crippen molar-refractivity contribution in [3.8, 4) is 0 Å². The zero-order valence-electron chi connectivity index (χ0n) is 11.8. The molecule has 0 aliphatic heterocycles. The first kappa shape index (κ1) is 16.3. The van der Waals surface area contributed by atoms with Gasteiger partial charge < -0.3 is 10.6 Å². The van der Waals surface area contributed by atoms with Gasteiger partial charge in [0.1, 0.15) is 0 Å². The van der Waals surface area contributed by atoms with Gasteiger partial charge in [0.25, 0.3) is 5.91 Å². The number of amides is 2. The van der Waals surface area contributed by atoms with Crippen LogP contribution in [0.2, 0.25) is 10.0 Å². The molecule has 6 heteroatoms. The molecule has 4 nitrogen and oxygen atoms in total. The van der Waals surface area contributed by atoms with Gasteiger partial charge in [-0.25, -0.2) is 0 Å². The van der Waals surface area contributed by atoms with E-state index in [2.05, 4.69) is 10.6 Å². The summed E-state index contributed by atoms with van der Waals surface area (Å²) in [5.74, 6) is -0.699. The minimum absolute atomic E-state index is 0.132. The van der Waals surface area contributed by atoms with Crippen LogP contribution < -0.4 is 10.6 Å². The van der Waals surface area contributed by atoms with Crippen LogP contribution >= 0.6 is 23.2 Å². The Balaban J connectivity index is 1.88. The summed E-state index contributed by atoms with van der Waals surface area (Å²) >= 11 is 11.6. The molecule has 2 aromatic carbocycles. The molecule has 0 fully saturated rings. The fourth-order valence-corrected chi connectivity index (χ4v) is 2.04. The number of carbonyl (C=O) groups is 2. The smallest absolute Gasteiger partial charge is 0.251 e. The first-order valence-electron chi connectivity index (χ1n) is 6.55. The zero-order chi connectivity index (χ0) is 16.1. The summed E-state index contributed by atoms with van der Waals surface area (Å²) in [4.78, 5) is 23.7. The Morgan fingerprint density at radius 3 is 2.32 bits per heavy atom. The second-order valence-electron chi connectivity index (χ2n) is 4.73. The molecule has 0 aliphatic rings. The molecule has 0 saturated heterocycles. The summed E-state index contributed by atoms with van der Waals surface area (Å²) in [5, 5.41) is 5.88. The normalized spacial score (nSPS) is 10.1. The average Bonchev–Trinajstić information content (AvgIpc) is 2.50. The van der Waals surface area contributed by atoms with Gasteiger partial charge in [-0.15, -0.1) is 0 Å². The van der Waals surface area contributed by atoms with Crippen LogP contribution in [0, 0.1) is 6.92 Å². The lowest BCUT2D eigenvalue weighted by molar-refractivity contribution is -0.115. The van der Waals surface area contributed by atoms with Gasteiger partial charge in [-0.2, -0.15) is 0 Å². The third-order valence-electron chi connectivity index (χ3n) is 2.93. The molecule has 0 aromatic heterocycles. The predicted molar refractivity (Wildman–Crippen MR) is 88.6 cm³/mol. The monoisotopic (exact) mass is 336 g/mol. The van der Waals surface area contributed by atoms with Crippen molar-refractivity contribution < 1.29 is 9.59 Å². The maximum atomic E-state index is 11.9. The molecule has 114 valence electrons. The molecule has 2 amide bonds. The Kier molecular flexibility index (Phi) is 5.41. The molecule has 0 aliphatic carbocycles. The number of benzene rings is 2. The Labute approximate surface area is 138 Å². The van der Waals surface area contributed by atoms with E-state index in [4.69, 9.17) is 23.2 Å². The number of aryl methyl sites for hydroxylation is 1. The van der Waals surface area contributed by atoms with Crippen molar-refractivity contribution in [3.63, 3.8) is 0 Å². The highest BCUT2D eigenvalue weighted by molar-refractivity contribution is 6.42. The van der Waals surface area contributed by atoms with Gasteiger partial charge in [0, 0.05) is 11.3 Å². The lowest BCUT2D eigenvalue weighted by atomic mass is 10.2. The second-order valence-corrected chi connectivity index (χ2v) is 5.54. The Bertz CT molecular complexity index is 700. The lowest BCUT2D eigenvalue weighted by Gasteiger charge is -2.08. The van der Waals surface area contributed by atoms with Crippen molar-refractivity contribution in [1.82, 2.24) is 5.32 Å². The minimum atomic E-state index is -0.391. The Morgan fingerprint density at radius 1 is 1.00 bits per heavy atom. The largest absolute Gasteiger partial charge is 0.343 e. The fourth-order valence-electron chi connectivity index (χ4n) is 1.74. The summed E-state index contributed by atoms with van der Waals surface area (Å²) < 4.78 is 0. The van der Waals surface area contributed by atoms with Gasteiger partial charge >= 0.3 is 0 Å². The molecular formula is C16H14Cl2N2O2. The third-order valence-corrected chi connectivity index (χ3v) is 3.67. The van der Waals surface area contributed by atoms with Crippen LogP contribution in [0.25, 0.3) is 0 Å². The molecule has 0 saturated carbocycles. The van der Waals surface area contributed by atoms with Gasteiger partial charge in [0.2, 0.25) is 5.91 Å². The van der Waals surface area contributed by atoms with Gasteiger partial charge in [-0.3, -0.25) is 9.59 Å². The highest BCUT2D eigenvalue weighted by Crippen LogP contribution is 2.22. The maximum absolute atomic E-state index is 11.9. The summed E-state index contributed by atoms with van der Waals surface area (Å²) in [6.07, 6.45) is 0. The summed E-state index contributed by atoms with van der Waals surface area (Å²) in [6.45, 7) is 1.83. The third kappa shape index (κ3) is 4.48. The highest BCUT2D eigenvalue weighted by Gasteiger charge is 2.10. The van der Waals surface area contributed by atoms with Crippen LogP contribution in [-0.4, -0.2) is 18.4 Å². The van der Waals surface area contributed by atoms with Crippen molar-refractivity contribution in [2.45, 2.75) is 6.92 Å². The van der Waals surface area contributed by atoms with Gasteiger partial charge in [-0.05, 0) is 37.3 Å². The average molecular weight is 337 g/mol. The van der Waals surface area contributed by atoms with Crippen molar-refractivity contribution >= 4 is 40.7 Å². The van der Waals surface area contributed by atoms with Crippen LogP contribution in [0.3, 0.4) is 0 Å². The van der Waals surface area contributed by atoms with Gasteiger partial charge in [0.05, 0.1) is 16.6 Å². The van der Waals surface area contributed by atoms with Crippen molar-refractivity contribution in [2.75, 3.05) is 11.9 Å². The molecule has 2 rings (SSSR count). The minimum Gasteiger partial charge on any atom is -0.343 e. The fraction of sp³-hybridized carbons (Fsp3) is 0.125. The number of hydrogen-bond donors (Lipinski definition) is 2. The molecule has 2 aromatic rings. The van der Waals surface area contributed by atoms with E-state index in [9.17, 15) is 9.59 Å². The van der Waals surface area contributed by atoms with Gasteiger partial charge in [-0.1, -0.05) is 40.9 Å². The van der Waals surface area contributed by atoms with E-state index >= 15 is 0 Å². The number of halogens is 2. The molecule has 0 spiro atoms. The number of anilines is 1. The molecule has 2 N–H and O–H groups in total. The number of rotatable bonds is 4. The first-order valence-corrected chi connectivity index (χ1v) is 7.31. The Morgan fingerprint density at radius 2 is 1.68 bits per heavy atom. The molecule has 0 unspecified atom stereocenters. The van der Waals surface area contributed by atoms with Crippen molar-refractivity contribution in [3.05, 3.63) is 63.6 Å². The van der Waals surface area contributed by atoms with Crippen molar-refractivity contribution in [2.24, 2.45) is 0 Å². The topological polar surface area (TPSA) is 58.2 Å². The maximum Gasteiger partial charge on any atom is 0.251 e. The van der Waals surface area contributed by atoms with E-state index in [0.29, 0.717) is 21.3 Å². The summed E-state index contributed by atoms with van der Waals surface area (Å²) in [5.41, 5.74) is 2.13. The van der Waals surface area contributed by atoms with E-state index in [1.807, 2.05) is 19.1 Å². The quantitative estimate of drug-likeness (QED) is 0.894. The van der Waals surface area contributed by atoms with E-state index in [1.165, 1.54) is 12.1 Å². The first-order chi connectivity index (χ1) is 10.5. The molecular weight excluding hydrogens is 323 g/mol. The lowest BCUT2D eigenvalue weighted by Crippen LogP contribution is -2.32. The molecule has 22 heavy (non-hydrogen) atoms. The highest BCUT2D eigenvalue weighted by atomic mass is 35.5. The molecule has 0 bridgehead atoms. The van der Waals surface area contributed by atoms with Gasteiger partial charge in [0.15, 0.2) is 0 Å². The van der Waals surface area contributed by atoms with Crippen LogP contribution in [0.1, 0.15) is 15.9 Å². The second kappa shape index (κ2) is 7.29. The number of carbonyl (C=O) groups excluding carboxylic acids is 2.